The van der Waals surface area contributed by atoms with Gasteiger partial charge in [0.05, 0.1) is 20.8 Å². The molecule has 0 spiro atoms. The van der Waals surface area contributed by atoms with E-state index in [-0.39, 0.29) is 18.8 Å². The van der Waals surface area contributed by atoms with Crippen LogP contribution in [0.4, 0.5) is 5.00 Å². The van der Waals surface area contributed by atoms with Crippen molar-refractivity contribution in [1.82, 2.24) is 0 Å². The number of amides is 1. The third-order valence-electron chi connectivity index (χ3n) is 4.60. The minimum Gasteiger partial charge on any atom is -0.496 e. The maximum atomic E-state index is 12.8. The number of methoxy groups -OCH3 is 2. The fourth-order valence-electron chi connectivity index (χ4n) is 3.13. The Bertz CT molecular complexity index is 1110. The second-order valence-corrected chi connectivity index (χ2v) is 7.65. The third-order valence-corrected chi connectivity index (χ3v) is 5.49. The number of carbonyl (C=O) groups is 2. The lowest BCUT2D eigenvalue weighted by atomic mass is 10.0. The Kier molecular flexibility index (Phi) is 7.72. The number of aryl methyl sites for hydroxylation is 1. The van der Waals surface area contributed by atoms with E-state index in [1.807, 2.05) is 31.2 Å². The topological polar surface area (TPSA) is 83.1 Å². The molecule has 0 saturated carbocycles. The maximum absolute atomic E-state index is 12.8. The van der Waals surface area contributed by atoms with Crippen molar-refractivity contribution in [2.75, 3.05) is 32.8 Å². The summed E-state index contributed by atoms with van der Waals surface area (Å²) in [7, 11) is 3.10. The summed E-state index contributed by atoms with van der Waals surface area (Å²) in [5, 5.41) is 4.96. The molecule has 2 aromatic carbocycles. The number of carbonyl (C=O) groups excluding carboxylic acids is 2. The summed E-state index contributed by atoms with van der Waals surface area (Å²) < 4.78 is 21.6. The van der Waals surface area contributed by atoms with Crippen LogP contribution in [0.2, 0.25) is 0 Å². The summed E-state index contributed by atoms with van der Waals surface area (Å²) in [6, 6.07) is 12.8. The van der Waals surface area contributed by atoms with E-state index in [0.717, 1.165) is 11.1 Å². The summed E-state index contributed by atoms with van der Waals surface area (Å²) in [6.07, 6.45) is 0. The fourth-order valence-corrected chi connectivity index (χ4v) is 4.09. The van der Waals surface area contributed by atoms with Gasteiger partial charge < -0.3 is 24.3 Å². The molecule has 0 aliphatic rings. The van der Waals surface area contributed by atoms with E-state index in [2.05, 4.69) is 5.32 Å². The van der Waals surface area contributed by atoms with Gasteiger partial charge >= 0.3 is 5.97 Å². The largest absolute Gasteiger partial charge is 0.496 e. The summed E-state index contributed by atoms with van der Waals surface area (Å²) in [4.78, 5) is 25.4. The van der Waals surface area contributed by atoms with Gasteiger partial charge in [-0.3, -0.25) is 4.79 Å². The molecule has 0 bridgehead atoms. The Labute approximate surface area is 190 Å². The first kappa shape index (κ1) is 23.1. The molecule has 8 heteroatoms. The number of hydrogen-bond donors (Lipinski definition) is 1. The number of thiophene rings is 1. The first-order valence-corrected chi connectivity index (χ1v) is 10.9. The van der Waals surface area contributed by atoms with Crippen molar-refractivity contribution >= 4 is 28.2 Å². The fraction of sp³-hybridized carbons (Fsp3) is 0.250. The van der Waals surface area contributed by atoms with Gasteiger partial charge in [0.25, 0.3) is 5.91 Å². The summed E-state index contributed by atoms with van der Waals surface area (Å²) in [5.74, 6) is 0.667. The molecule has 7 nitrogen and oxygen atoms in total. The van der Waals surface area contributed by atoms with Crippen LogP contribution in [0.25, 0.3) is 11.1 Å². The van der Waals surface area contributed by atoms with Crippen molar-refractivity contribution in [2.24, 2.45) is 0 Å². The highest BCUT2D eigenvalue weighted by atomic mass is 32.1. The summed E-state index contributed by atoms with van der Waals surface area (Å²) >= 11 is 1.24. The Hall–Kier alpha value is -3.52. The predicted octanol–water partition coefficient (Wildman–Crippen LogP) is 4.93. The van der Waals surface area contributed by atoms with Crippen LogP contribution in [0.5, 0.6) is 17.2 Å². The number of rotatable bonds is 9. The molecule has 1 aromatic heterocycles. The molecular weight excluding hydrogens is 430 g/mol. The Morgan fingerprint density at radius 3 is 2.38 bits per heavy atom. The smallest absolute Gasteiger partial charge is 0.341 e. The minimum atomic E-state index is -0.520. The summed E-state index contributed by atoms with van der Waals surface area (Å²) in [6.45, 7) is 3.65. The van der Waals surface area contributed by atoms with Gasteiger partial charge in [0, 0.05) is 16.5 Å². The van der Waals surface area contributed by atoms with Crippen LogP contribution < -0.4 is 19.5 Å². The normalized spacial score (nSPS) is 10.4. The van der Waals surface area contributed by atoms with Gasteiger partial charge in [0.15, 0.2) is 18.1 Å². The molecule has 32 heavy (non-hydrogen) atoms. The number of esters is 1. The van der Waals surface area contributed by atoms with E-state index < -0.39 is 11.9 Å². The van der Waals surface area contributed by atoms with Gasteiger partial charge in [0.2, 0.25) is 0 Å². The zero-order valence-corrected chi connectivity index (χ0v) is 19.2. The van der Waals surface area contributed by atoms with Gasteiger partial charge in [0.1, 0.15) is 16.3 Å². The molecular formula is C24H25NO6S. The highest BCUT2D eigenvalue weighted by molar-refractivity contribution is 7.15. The maximum Gasteiger partial charge on any atom is 0.341 e. The molecule has 3 rings (SSSR count). The predicted molar refractivity (Wildman–Crippen MR) is 124 cm³/mol. The number of para-hydroxylation sites is 2. The Morgan fingerprint density at radius 1 is 0.969 bits per heavy atom. The van der Waals surface area contributed by atoms with Crippen LogP contribution in [-0.2, 0) is 9.53 Å². The highest BCUT2D eigenvalue weighted by Crippen LogP contribution is 2.40. The van der Waals surface area contributed by atoms with Crippen LogP contribution in [0, 0.1) is 6.92 Å². The summed E-state index contributed by atoms with van der Waals surface area (Å²) in [5.41, 5.74) is 2.68. The molecule has 0 aliphatic heterocycles. The van der Waals surface area contributed by atoms with Gasteiger partial charge in [-0.15, -0.1) is 11.3 Å². The van der Waals surface area contributed by atoms with E-state index in [9.17, 15) is 9.59 Å². The number of hydrogen-bond acceptors (Lipinski definition) is 7. The molecule has 168 valence electrons. The molecule has 1 amide bonds. The van der Waals surface area contributed by atoms with Crippen molar-refractivity contribution < 1.29 is 28.5 Å². The van der Waals surface area contributed by atoms with Crippen molar-refractivity contribution in [1.29, 1.82) is 0 Å². The van der Waals surface area contributed by atoms with Crippen molar-refractivity contribution in [3.05, 3.63) is 59.0 Å². The van der Waals surface area contributed by atoms with E-state index in [1.54, 1.807) is 37.6 Å². The van der Waals surface area contributed by atoms with Gasteiger partial charge in [-0.05, 0) is 38.1 Å². The average Bonchev–Trinajstić information content (AvgIpc) is 3.21. The quantitative estimate of drug-likeness (QED) is 0.461. The van der Waals surface area contributed by atoms with Crippen LogP contribution >= 0.6 is 11.3 Å². The number of anilines is 1. The molecule has 0 aliphatic carbocycles. The molecule has 1 heterocycles. The lowest BCUT2D eigenvalue weighted by molar-refractivity contribution is -0.118. The Morgan fingerprint density at radius 2 is 1.69 bits per heavy atom. The second-order valence-electron chi connectivity index (χ2n) is 6.77. The van der Waals surface area contributed by atoms with Crippen molar-refractivity contribution in [2.45, 2.75) is 13.8 Å². The van der Waals surface area contributed by atoms with Gasteiger partial charge in [-0.25, -0.2) is 4.79 Å². The monoisotopic (exact) mass is 455 g/mol. The molecule has 0 radical (unpaired) electrons. The van der Waals surface area contributed by atoms with Crippen molar-refractivity contribution in [3.63, 3.8) is 0 Å². The van der Waals surface area contributed by atoms with Gasteiger partial charge in [-0.1, -0.05) is 23.8 Å². The average molecular weight is 456 g/mol. The van der Waals surface area contributed by atoms with E-state index in [1.165, 1.54) is 18.4 Å². The van der Waals surface area contributed by atoms with E-state index in [0.29, 0.717) is 27.8 Å². The zero-order valence-electron chi connectivity index (χ0n) is 18.4. The molecule has 0 atom stereocenters. The Balaban J connectivity index is 1.88. The van der Waals surface area contributed by atoms with E-state index >= 15 is 0 Å². The zero-order chi connectivity index (χ0) is 23.1. The number of benzene rings is 2. The van der Waals surface area contributed by atoms with Crippen molar-refractivity contribution in [3.8, 4) is 28.4 Å². The molecule has 3 aromatic rings. The lowest BCUT2D eigenvalue weighted by Gasteiger charge is -2.12. The van der Waals surface area contributed by atoms with E-state index in [4.69, 9.17) is 18.9 Å². The molecule has 0 unspecified atom stereocenters. The van der Waals surface area contributed by atoms with Crippen LogP contribution in [-0.4, -0.2) is 39.3 Å². The molecule has 0 fully saturated rings. The van der Waals surface area contributed by atoms with Crippen LogP contribution in [0.3, 0.4) is 0 Å². The van der Waals surface area contributed by atoms with Crippen LogP contribution in [0.15, 0.2) is 47.8 Å². The second kappa shape index (κ2) is 10.7. The van der Waals surface area contributed by atoms with Crippen LogP contribution in [0.1, 0.15) is 22.8 Å². The number of nitrogens with one attached hydrogen (secondary N) is 1. The minimum absolute atomic E-state index is 0.212. The SMILES string of the molecule is CCOC(=O)c1c(-c2cc(C)ccc2OC)csc1NC(=O)COc1ccccc1OC. The first-order valence-electron chi connectivity index (χ1n) is 9.97. The first-order chi connectivity index (χ1) is 15.5. The van der Waals surface area contributed by atoms with Gasteiger partial charge in [-0.2, -0.15) is 0 Å². The molecule has 1 N–H and O–H groups in total. The highest BCUT2D eigenvalue weighted by Gasteiger charge is 2.24. The standard InChI is InChI=1S/C24H25NO6S/c1-5-30-24(27)22-17(16-12-15(2)10-11-18(16)28-3)14-32-23(22)25-21(26)13-31-20-9-7-6-8-19(20)29-4/h6-12,14H,5,13H2,1-4H3,(H,25,26). The lowest BCUT2D eigenvalue weighted by Crippen LogP contribution is -2.21. The third kappa shape index (κ3) is 5.20. The molecule has 0 saturated heterocycles. The number of ether oxygens (including phenoxy) is 4.